The summed E-state index contributed by atoms with van der Waals surface area (Å²) in [5, 5.41) is 0. The monoisotopic (exact) mass is 204 g/mol. The molecule has 0 unspecified atom stereocenters. The summed E-state index contributed by atoms with van der Waals surface area (Å²) in [5.41, 5.74) is -0.202. The van der Waals surface area contributed by atoms with Gasteiger partial charge in [-0.3, -0.25) is 0 Å². The fourth-order valence-corrected chi connectivity index (χ4v) is 0.800. The van der Waals surface area contributed by atoms with Gasteiger partial charge in [-0.1, -0.05) is 24.8 Å². The maximum Gasteiger partial charge on any atom is 0.413 e. The topological polar surface area (TPSA) is 0 Å². The zero-order chi connectivity index (χ0) is 11.9. The molecule has 0 saturated carbocycles. The van der Waals surface area contributed by atoms with E-state index in [0.29, 0.717) is 5.57 Å². The van der Waals surface area contributed by atoms with E-state index in [0.717, 1.165) is 6.92 Å². The summed E-state index contributed by atoms with van der Waals surface area (Å²) in [5.74, 6) is 0. The van der Waals surface area contributed by atoms with Crippen molar-refractivity contribution in [2.75, 3.05) is 0 Å². The van der Waals surface area contributed by atoms with Crippen LogP contribution in [0, 0.1) is 0 Å². The summed E-state index contributed by atoms with van der Waals surface area (Å²) in [4.78, 5) is 0. The number of alkyl halides is 3. The van der Waals surface area contributed by atoms with Crippen molar-refractivity contribution in [3.8, 4) is 0 Å². The molecule has 0 aromatic heterocycles. The highest BCUT2D eigenvalue weighted by atomic mass is 19.4. The van der Waals surface area contributed by atoms with E-state index in [1.807, 2.05) is 0 Å². The highest BCUT2D eigenvalue weighted by Gasteiger charge is 2.31. The predicted octanol–water partition coefficient (Wildman–Crippen LogP) is 4.43. The van der Waals surface area contributed by atoms with Crippen LogP contribution in [-0.4, -0.2) is 6.18 Å². The Morgan fingerprint density at radius 2 is 1.50 bits per heavy atom. The van der Waals surface area contributed by atoms with Crippen molar-refractivity contribution in [1.29, 1.82) is 0 Å². The van der Waals surface area contributed by atoms with Crippen LogP contribution in [0.25, 0.3) is 0 Å². The predicted molar refractivity (Wildman–Crippen MR) is 55.0 cm³/mol. The van der Waals surface area contributed by atoms with E-state index in [1.165, 1.54) is 13.0 Å². The average Bonchev–Trinajstić information content (AvgIpc) is 2.06. The number of allylic oxidation sites excluding steroid dienone is 4. The molecule has 0 fully saturated rings. The first kappa shape index (κ1) is 15.2. The third-order valence-electron chi connectivity index (χ3n) is 1.49. The summed E-state index contributed by atoms with van der Waals surface area (Å²) in [7, 11) is 0. The van der Waals surface area contributed by atoms with Gasteiger partial charge in [-0.2, -0.15) is 13.2 Å². The van der Waals surface area contributed by atoms with Gasteiger partial charge >= 0.3 is 6.18 Å². The smallest absolute Gasteiger partial charge is 0.166 e. The Hall–Kier alpha value is -1.25. The van der Waals surface area contributed by atoms with Crippen LogP contribution in [0.2, 0.25) is 0 Å². The highest BCUT2D eigenvalue weighted by Crippen LogP contribution is 2.30. The van der Waals surface area contributed by atoms with E-state index in [-0.39, 0.29) is 5.57 Å². The molecule has 0 aliphatic rings. The fourth-order valence-electron chi connectivity index (χ4n) is 0.800. The minimum atomic E-state index is -4.29. The zero-order valence-corrected chi connectivity index (χ0v) is 8.54. The molecule has 0 amide bonds. The molecular formula is C11H15F3. The molecule has 0 rings (SSSR count). The van der Waals surface area contributed by atoms with Crippen LogP contribution in [0.4, 0.5) is 13.2 Å². The first-order valence-corrected chi connectivity index (χ1v) is 3.87. The van der Waals surface area contributed by atoms with Crippen LogP contribution in [-0.2, 0) is 0 Å². The Bertz CT molecular complexity index is 244. The van der Waals surface area contributed by atoms with Crippen molar-refractivity contribution >= 4 is 0 Å². The molecule has 80 valence electrons. The van der Waals surface area contributed by atoms with E-state index < -0.39 is 11.7 Å². The Morgan fingerprint density at radius 1 is 1.14 bits per heavy atom. The van der Waals surface area contributed by atoms with Gasteiger partial charge in [-0.05, 0) is 19.4 Å². The first-order valence-electron chi connectivity index (χ1n) is 3.87. The standard InChI is InChI=1S/C9H11F3.C2H4/c1-5-8(6(2)3)7(4)9(10,11)12;1-2/h5H,1-2H2,3-4H3;1-2H2/b8-7+;. The van der Waals surface area contributed by atoms with E-state index in [2.05, 4.69) is 26.3 Å². The second-order valence-electron chi connectivity index (χ2n) is 2.52. The summed E-state index contributed by atoms with van der Waals surface area (Å²) in [6.45, 7) is 15.3. The molecule has 0 aliphatic carbocycles. The van der Waals surface area contributed by atoms with Crippen LogP contribution in [0.3, 0.4) is 0 Å². The first-order chi connectivity index (χ1) is 6.30. The molecule has 0 nitrogen and oxygen atoms in total. The molecule has 0 radical (unpaired) electrons. The van der Waals surface area contributed by atoms with E-state index >= 15 is 0 Å². The molecule has 0 spiro atoms. The second-order valence-corrected chi connectivity index (χ2v) is 2.52. The Morgan fingerprint density at radius 3 is 1.57 bits per heavy atom. The quantitative estimate of drug-likeness (QED) is 0.461. The SMILES string of the molecule is C=C.C=C/C(C(=C)C)=C(/C)C(F)(F)F. The molecular weight excluding hydrogens is 189 g/mol. The van der Waals surface area contributed by atoms with Gasteiger partial charge in [0.2, 0.25) is 0 Å². The van der Waals surface area contributed by atoms with Gasteiger partial charge in [0, 0.05) is 5.57 Å². The number of hydrogen-bond donors (Lipinski definition) is 0. The van der Waals surface area contributed by atoms with E-state index in [1.54, 1.807) is 0 Å². The van der Waals surface area contributed by atoms with E-state index in [9.17, 15) is 13.2 Å². The van der Waals surface area contributed by atoms with Crippen molar-refractivity contribution < 1.29 is 13.2 Å². The van der Waals surface area contributed by atoms with Crippen molar-refractivity contribution in [3.05, 3.63) is 49.1 Å². The Kier molecular flexibility index (Phi) is 6.79. The lowest BCUT2D eigenvalue weighted by Crippen LogP contribution is -2.11. The summed E-state index contributed by atoms with van der Waals surface area (Å²) in [6, 6.07) is 0. The van der Waals surface area contributed by atoms with Crippen molar-refractivity contribution in [2.24, 2.45) is 0 Å². The van der Waals surface area contributed by atoms with Crippen LogP contribution in [0.15, 0.2) is 49.1 Å². The Balaban J connectivity index is 0. The van der Waals surface area contributed by atoms with Gasteiger partial charge in [0.25, 0.3) is 0 Å². The number of hydrogen-bond acceptors (Lipinski definition) is 0. The molecule has 0 aliphatic heterocycles. The highest BCUT2D eigenvalue weighted by molar-refractivity contribution is 5.40. The van der Waals surface area contributed by atoms with Crippen LogP contribution in [0.5, 0.6) is 0 Å². The van der Waals surface area contributed by atoms with Gasteiger partial charge in [0.05, 0.1) is 0 Å². The van der Waals surface area contributed by atoms with Crippen LogP contribution in [0.1, 0.15) is 13.8 Å². The van der Waals surface area contributed by atoms with Crippen LogP contribution < -0.4 is 0 Å². The van der Waals surface area contributed by atoms with Crippen molar-refractivity contribution in [1.82, 2.24) is 0 Å². The maximum absolute atomic E-state index is 12.1. The van der Waals surface area contributed by atoms with Gasteiger partial charge < -0.3 is 0 Å². The number of halogens is 3. The summed E-state index contributed by atoms with van der Waals surface area (Å²) >= 11 is 0. The number of rotatable bonds is 2. The zero-order valence-electron chi connectivity index (χ0n) is 8.54. The van der Waals surface area contributed by atoms with Gasteiger partial charge in [0.15, 0.2) is 0 Å². The molecule has 0 aromatic carbocycles. The molecule has 0 bridgehead atoms. The summed E-state index contributed by atoms with van der Waals surface area (Å²) in [6.07, 6.45) is -3.12. The largest absolute Gasteiger partial charge is 0.413 e. The maximum atomic E-state index is 12.1. The summed E-state index contributed by atoms with van der Waals surface area (Å²) < 4.78 is 36.3. The molecule has 0 heterocycles. The van der Waals surface area contributed by atoms with Crippen molar-refractivity contribution in [3.63, 3.8) is 0 Å². The minimum absolute atomic E-state index is 0.0718. The van der Waals surface area contributed by atoms with Crippen LogP contribution >= 0.6 is 0 Å². The van der Waals surface area contributed by atoms with Gasteiger partial charge in [0.1, 0.15) is 0 Å². The molecule has 0 saturated heterocycles. The average molecular weight is 204 g/mol. The third-order valence-corrected chi connectivity index (χ3v) is 1.49. The van der Waals surface area contributed by atoms with E-state index in [4.69, 9.17) is 0 Å². The molecule has 3 heteroatoms. The fraction of sp³-hybridized carbons (Fsp3) is 0.273. The van der Waals surface area contributed by atoms with Crippen molar-refractivity contribution in [2.45, 2.75) is 20.0 Å². The van der Waals surface area contributed by atoms with Gasteiger partial charge in [-0.15, -0.1) is 13.2 Å². The lowest BCUT2D eigenvalue weighted by atomic mass is 10.0. The second kappa shape index (κ2) is 6.24. The lowest BCUT2D eigenvalue weighted by Gasteiger charge is -2.11. The third kappa shape index (κ3) is 4.70. The molecule has 0 atom stereocenters. The van der Waals surface area contributed by atoms with Gasteiger partial charge in [-0.25, -0.2) is 0 Å². The minimum Gasteiger partial charge on any atom is -0.166 e. The molecule has 0 N–H and O–H groups in total. The Labute approximate surface area is 83.1 Å². The lowest BCUT2D eigenvalue weighted by molar-refractivity contribution is -0.0918. The molecule has 14 heavy (non-hydrogen) atoms. The molecule has 0 aromatic rings. The normalized spacial score (nSPS) is 12.1.